The number of sulfonamides is 1. The first kappa shape index (κ1) is 12.5. The van der Waals surface area contributed by atoms with Crippen molar-refractivity contribution in [1.82, 2.24) is 4.31 Å². The molecule has 0 aromatic heterocycles. The summed E-state index contributed by atoms with van der Waals surface area (Å²) in [5.74, 6) is 0. The molecule has 4 atom stereocenters. The van der Waals surface area contributed by atoms with Crippen LogP contribution in [0.3, 0.4) is 0 Å². The molecule has 8 heteroatoms. The molecule has 1 aliphatic heterocycles. The van der Waals surface area contributed by atoms with Gasteiger partial charge in [0.15, 0.2) is 0 Å². The second kappa shape index (κ2) is 3.99. The summed E-state index contributed by atoms with van der Waals surface area (Å²) < 4.78 is 25.9. The number of aliphatic hydroxyl groups is 1. The van der Waals surface area contributed by atoms with Crippen molar-refractivity contribution in [3.05, 3.63) is 34.4 Å². The van der Waals surface area contributed by atoms with E-state index in [1.165, 1.54) is 28.6 Å². The highest BCUT2D eigenvalue weighted by Crippen LogP contribution is 2.46. The van der Waals surface area contributed by atoms with Crippen LogP contribution in [0.25, 0.3) is 0 Å². The Bertz CT molecular complexity index is 615. The van der Waals surface area contributed by atoms with Crippen molar-refractivity contribution in [2.24, 2.45) is 0 Å². The molecule has 19 heavy (non-hydrogen) atoms. The molecule has 1 saturated heterocycles. The predicted octanol–water partition coefficient (Wildman–Crippen LogP) is 0.491. The Kier molecular flexibility index (Phi) is 2.63. The van der Waals surface area contributed by atoms with Crippen molar-refractivity contribution < 1.29 is 18.4 Å². The molecule has 0 amide bonds. The van der Waals surface area contributed by atoms with Crippen LogP contribution in [0.1, 0.15) is 12.8 Å². The molecule has 1 aliphatic carbocycles. The molecule has 1 N–H and O–H groups in total. The molecule has 7 nitrogen and oxygen atoms in total. The highest BCUT2D eigenvalue weighted by atomic mass is 32.2. The fourth-order valence-corrected chi connectivity index (χ4v) is 4.54. The van der Waals surface area contributed by atoms with Crippen LogP contribution >= 0.6 is 0 Å². The first-order valence-corrected chi connectivity index (χ1v) is 7.31. The number of piperidine rings is 1. The predicted molar refractivity (Wildman–Crippen MR) is 64.9 cm³/mol. The molecule has 1 aromatic rings. The molecular weight excluding hydrogens is 272 g/mol. The minimum atomic E-state index is -3.59. The second-order valence-electron chi connectivity index (χ2n) is 4.85. The van der Waals surface area contributed by atoms with E-state index >= 15 is 0 Å². The molecule has 1 saturated carbocycles. The first-order chi connectivity index (χ1) is 8.91. The van der Waals surface area contributed by atoms with Crippen LogP contribution < -0.4 is 0 Å². The average molecular weight is 284 g/mol. The van der Waals surface area contributed by atoms with Crippen molar-refractivity contribution in [2.45, 2.75) is 35.9 Å². The Hall–Kier alpha value is -1.51. The lowest BCUT2D eigenvalue weighted by atomic mass is 10.3. The van der Waals surface area contributed by atoms with Crippen molar-refractivity contribution in [2.75, 3.05) is 0 Å². The summed E-state index contributed by atoms with van der Waals surface area (Å²) in [6, 6.07) is 4.63. The summed E-state index contributed by atoms with van der Waals surface area (Å²) >= 11 is 0. The number of benzene rings is 1. The Morgan fingerprint density at radius 2 is 1.74 bits per heavy atom. The van der Waals surface area contributed by atoms with Gasteiger partial charge >= 0.3 is 0 Å². The molecule has 2 aliphatic rings. The van der Waals surface area contributed by atoms with Crippen molar-refractivity contribution in [1.29, 1.82) is 0 Å². The van der Waals surface area contributed by atoms with Crippen molar-refractivity contribution in [3.63, 3.8) is 0 Å². The zero-order valence-corrected chi connectivity index (χ0v) is 10.7. The molecule has 1 heterocycles. The number of hydrogen-bond donors (Lipinski definition) is 1. The summed E-state index contributed by atoms with van der Waals surface area (Å²) in [5, 5.41) is 19.9. The largest absolute Gasteiger partial charge is 0.393 e. The number of hydrogen-bond acceptors (Lipinski definition) is 5. The molecule has 0 bridgehead atoms. The number of non-ortho nitro benzene ring substituents is 1. The zero-order valence-electron chi connectivity index (χ0n) is 9.84. The SMILES string of the molecule is O=[N+]([O-])c1ccc(S(=O)(=O)N2[C@@H]3CC(O)C[C@@H]32)cc1. The van der Waals surface area contributed by atoms with E-state index in [1.54, 1.807) is 0 Å². The van der Waals surface area contributed by atoms with Crippen LogP contribution in [0, 0.1) is 10.1 Å². The van der Waals surface area contributed by atoms with Gasteiger partial charge in [-0.25, -0.2) is 8.42 Å². The molecule has 2 unspecified atom stereocenters. The van der Waals surface area contributed by atoms with E-state index in [9.17, 15) is 23.6 Å². The maximum atomic E-state index is 12.3. The van der Waals surface area contributed by atoms with Gasteiger partial charge in [-0.1, -0.05) is 0 Å². The monoisotopic (exact) mass is 284 g/mol. The van der Waals surface area contributed by atoms with E-state index in [2.05, 4.69) is 0 Å². The summed E-state index contributed by atoms with van der Waals surface area (Å²) in [7, 11) is -3.59. The Labute approximate surface area is 109 Å². The van der Waals surface area contributed by atoms with Gasteiger partial charge in [0, 0.05) is 24.2 Å². The van der Waals surface area contributed by atoms with Gasteiger partial charge in [-0.15, -0.1) is 0 Å². The van der Waals surface area contributed by atoms with E-state index < -0.39 is 21.1 Å². The summed E-state index contributed by atoms with van der Waals surface area (Å²) in [6.07, 6.45) is 0.520. The molecule has 102 valence electrons. The zero-order chi connectivity index (χ0) is 13.8. The third-order valence-corrected chi connectivity index (χ3v) is 5.62. The number of nitro groups is 1. The van der Waals surface area contributed by atoms with Crippen LogP contribution in [-0.2, 0) is 10.0 Å². The highest BCUT2D eigenvalue weighted by molar-refractivity contribution is 7.89. The minimum Gasteiger partial charge on any atom is -0.393 e. The van der Waals surface area contributed by atoms with Crippen LogP contribution in [0.4, 0.5) is 5.69 Å². The van der Waals surface area contributed by atoms with E-state index in [1.807, 2.05) is 0 Å². The van der Waals surface area contributed by atoms with Crippen molar-refractivity contribution >= 4 is 15.7 Å². The average Bonchev–Trinajstić information content (AvgIpc) is 2.89. The topological polar surface area (TPSA) is 101 Å². The fourth-order valence-electron chi connectivity index (χ4n) is 2.70. The second-order valence-corrected chi connectivity index (χ2v) is 6.69. The number of rotatable bonds is 3. The lowest BCUT2D eigenvalue weighted by molar-refractivity contribution is -0.384. The van der Waals surface area contributed by atoms with E-state index in [0.717, 1.165) is 0 Å². The smallest absolute Gasteiger partial charge is 0.269 e. The lowest BCUT2D eigenvalue weighted by Gasteiger charge is -2.11. The van der Waals surface area contributed by atoms with Crippen LogP contribution in [0.15, 0.2) is 29.2 Å². The highest BCUT2D eigenvalue weighted by Gasteiger charge is 2.60. The molecule has 0 radical (unpaired) electrons. The first-order valence-electron chi connectivity index (χ1n) is 5.87. The molecule has 0 spiro atoms. The van der Waals surface area contributed by atoms with Gasteiger partial charge in [0.25, 0.3) is 5.69 Å². The van der Waals surface area contributed by atoms with Gasteiger partial charge in [-0.2, -0.15) is 4.31 Å². The Balaban J connectivity index is 1.84. The van der Waals surface area contributed by atoms with Gasteiger partial charge < -0.3 is 5.11 Å². The van der Waals surface area contributed by atoms with E-state index in [4.69, 9.17) is 0 Å². The number of nitro benzene ring substituents is 1. The molecule has 1 aromatic carbocycles. The quantitative estimate of drug-likeness (QED) is 0.494. The van der Waals surface area contributed by atoms with Crippen LogP contribution in [0.2, 0.25) is 0 Å². The lowest BCUT2D eigenvalue weighted by Crippen LogP contribution is -2.21. The number of aliphatic hydroxyl groups excluding tert-OH is 1. The third-order valence-electron chi connectivity index (χ3n) is 3.66. The van der Waals surface area contributed by atoms with E-state index in [0.29, 0.717) is 12.8 Å². The minimum absolute atomic E-state index is 0.0574. The number of nitrogens with zero attached hydrogens (tertiary/aromatic N) is 2. The maximum absolute atomic E-state index is 12.3. The standard InChI is InChI=1S/C11H12N2O5S/c14-8-5-10-11(6-8)12(10)19(17,18)9-3-1-7(2-4-9)13(15)16/h1-4,8,10-11,14H,5-6H2/t8?,10-,11+,12?. The van der Waals surface area contributed by atoms with Crippen LogP contribution in [-0.4, -0.2) is 40.9 Å². The summed E-state index contributed by atoms with van der Waals surface area (Å²) in [4.78, 5) is 10.0. The summed E-state index contributed by atoms with van der Waals surface area (Å²) in [6.45, 7) is 0. The Morgan fingerprint density at radius 3 is 2.21 bits per heavy atom. The maximum Gasteiger partial charge on any atom is 0.269 e. The van der Waals surface area contributed by atoms with Gasteiger partial charge in [0.2, 0.25) is 10.0 Å². The van der Waals surface area contributed by atoms with Gasteiger partial charge in [0.05, 0.1) is 15.9 Å². The number of fused-ring (bicyclic) bond motifs is 1. The van der Waals surface area contributed by atoms with Crippen molar-refractivity contribution in [3.8, 4) is 0 Å². The molecular formula is C11H12N2O5S. The van der Waals surface area contributed by atoms with Gasteiger partial charge in [0.1, 0.15) is 0 Å². The molecule has 3 rings (SSSR count). The van der Waals surface area contributed by atoms with E-state index in [-0.39, 0.29) is 22.7 Å². The molecule has 2 fully saturated rings. The third kappa shape index (κ3) is 1.92. The Morgan fingerprint density at radius 1 is 1.21 bits per heavy atom. The fraction of sp³-hybridized carbons (Fsp3) is 0.455. The normalized spacial score (nSPS) is 32.9. The van der Waals surface area contributed by atoms with Gasteiger partial charge in [-0.05, 0) is 25.0 Å². The van der Waals surface area contributed by atoms with Crippen LogP contribution in [0.5, 0.6) is 0 Å². The summed E-state index contributed by atoms with van der Waals surface area (Å²) in [5.41, 5.74) is -0.139. The van der Waals surface area contributed by atoms with Gasteiger partial charge in [-0.3, -0.25) is 10.1 Å².